The topological polar surface area (TPSA) is 112 Å². The van der Waals surface area contributed by atoms with Crippen LogP contribution >= 0.6 is 0 Å². The van der Waals surface area contributed by atoms with E-state index in [1.165, 1.54) is 0 Å². The lowest BCUT2D eigenvalue weighted by atomic mass is 10.3. The third-order valence-electron chi connectivity index (χ3n) is 3.24. The summed E-state index contributed by atoms with van der Waals surface area (Å²) >= 11 is 0. The summed E-state index contributed by atoms with van der Waals surface area (Å²) in [5, 5.41) is 10.3. The predicted octanol–water partition coefficient (Wildman–Crippen LogP) is 3.13. The molecule has 2 aromatic carbocycles. The van der Waals surface area contributed by atoms with Gasteiger partial charge in [0.05, 0.1) is 0 Å². The molecule has 24 heavy (non-hydrogen) atoms. The lowest BCUT2D eigenvalue weighted by molar-refractivity contribution is 0.314. The van der Waals surface area contributed by atoms with E-state index in [2.05, 4.69) is 30.2 Å². The first-order valence-corrected chi connectivity index (χ1v) is 7.14. The van der Waals surface area contributed by atoms with Crippen LogP contribution in [0.3, 0.4) is 0 Å². The number of para-hydroxylation sites is 1. The molecule has 0 amide bonds. The van der Waals surface area contributed by atoms with Gasteiger partial charge in [0.15, 0.2) is 11.6 Å². The largest absolute Gasteiger partial charge is 0.457 e. The molecule has 0 aliphatic rings. The van der Waals surface area contributed by atoms with Crippen molar-refractivity contribution >= 4 is 28.6 Å². The average molecular weight is 320 g/mol. The van der Waals surface area contributed by atoms with Crippen LogP contribution in [0.25, 0.3) is 11.3 Å². The zero-order chi connectivity index (χ0) is 16.4. The molecule has 0 unspecified atom stereocenters. The highest BCUT2D eigenvalue weighted by Crippen LogP contribution is 2.25. The van der Waals surface area contributed by atoms with Crippen LogP contribution in [0.15, 0.2) is 59.2 Å². The second-order valence-corrected chi connectivity index (χ2v) is 4.93. The number of nitrogens with one attached hydrogen (secondary N) is 1. The number of anilines is 3. The molecule has 0 aliphatic carbocycles. The molecule has 4 aromatic rings. The van der Waals surface area contributed by atoms with E-state index >= 15 is 0 Å². The van der Waals surface area contributed by atoms with Crippen LogP contribution in [0.4, 0.5) is 17.3 Å². The van der Waals surface area contributed by atoms with Crippen molar-refractivity contribution in [3.63, 3.8) is 0 Å². The maximum Gasteiger partial charge on any atom is 0.245 e. The highest BCUT2D eigenvalue weighted by atomic mass is 16.6. The molecule has 118 valence electrons. The summed E-state index contributed by atoms with van der Waals surface area (Å²) in [6.45, 7) is 0. The van der Waals surface area contributed by atoms with E-state index in [9.17, 15) is 0 Å². The number of nitrogen functional groups attached to an aromatic ring is 1. The van der Waals surface area contributed by atoms with Crippen molar-refractivity contribution in [2.45, 2.75) is 0 Å². The van der Waals surface area contributed by atoms with Crippen molar-refractivity contribution < 1.29 is 9.37 Å². The molecule has 0 fully saturated rings. The van der Waals surface area contributed by atoms with Gasteiger partial charge in [-0.05, 0) is 46.7 Å². The summed E-state index contributed by atoms with van der Waals surface area (Å²) in [4.78, 5) is 8.29. The van der Waals surface area contributed by atoms with Crippen molar-refractivity contribution in [1.82, 2.24) is 20.3 Å². The Kier molecular flexibility index (Phi) is 3.39. The summed E-state index contributed by atoms with van der Waals surface area (Å²) in [7, 11) is 0. The van der Waals surface area contributed by atoms with Gasteiger partial charge in [-0.2, -0.15) is 0 Å². The smallest absolute Gasteiger partial charge is 0.245 e. The minimum atomic E-state index is 0.211. The summed E-state index contributed by atoms with van der Waals surface area (Å²) in [6, 6.07) is 16.9. The molecule has 8 nitrogen and oxygen atoms in total. The Balaban J connectivity index is 1.53. The van der Waals surface area contributed by atoms with Gasteiger partial charge in [0.1, 0.15) is 11.5 Å². The van der Waals surface area contributed by atoms with Crippen molar-refractivity contribution in [3.8, 4) is 11.5 Å². The monoisotopic (exact) mass is 320 g/mol. The molecule has 4 rings (SSSR count). The van der Waals surface area contributed by atoms with E-state index in [0.29, 0.717) is 5.82 Å². The molecule has 0 bridgehead atoms. The molecule has 0 atom stereocenters. The Morgan fingerprint density at radius 3 is 2.25 bits per heavy atom. The fraction of sp³-hybridized carbons (Fsp3) is 0. The van der Waals surface area contributed by atoms with E-state index in [0.717, 1.165) is 17.2 Å². The first-order valence-electron chi connectivity index (χ1n) is 7.14. The summed E-state index contributed by atoms with van der Waals surface area (Å²) in [5.74, 6) is 2.09. The van der Waals surface area contributed by atoms with Gasteiger partial charge in [0.25, 0.3) is 0 Å². The number of fused-ring (bicyclic) bond motifs is 1. The van der Waals surface area contributed by atoms with Gasteiger partial charge in [-0.25, -0.2) is 14.6 Å². The number of rotatable bonds is 4. The van der Waals surface area contributed by atoms with Crippen LogP contribution in [0, 0.1) is 0 Å². The van der Waals surface area contributed by atoms with Gasteiger partial charge < -0.3 is 15.8 Å². The van der Waals surface area contributed by atoms with Crippen molar-refractivity contribution in [2.75, 3.05) is 11.1 Å². The number of benzene rings is 2. The summed E-state index contributed by atoms with van der Waals surface area (Å²) in [5.41, 5.74) is 7.20. The second kappa shape index (κ2) is 5.84. The zero-order valence-electron chi connectivity index (χ0n) is 12.4. The summed E-state index contributed by atoms with van der Waals surface area (Å²) in [6.07, 6.45) is 0. The SMILES string of the molecule is Nc1nc2nonc2nc1Nc1ccc(Oc2ccccc2)cc1. The number of hydrogen-bond donors (Lipinski definition) is 2. The molecule has 0 aliphatic heterocycles. The van der Waals surface area contributed by atoms with Crippen LogP contribution < -0.4 is 15.8 Å². The maximum absolute atomic E-state index is 5.86. The third kappa shape index (κ3) is 2.80. The third-order valence-corrected chi connectivity index (χ3v) is 3.24. The van der Waals surface area contributed by atoms with Gasteiger partial charge >= 0.3 is 0 Å². The standard InChI is InChI=1S/C16H12N6O2/c17-13-14(20-16-15(19-13)21-24-22-16)18-10-6-8-12(9-7-10)23-11-4-2-1-3-5-11/h1-9H,(H2,17,19,21)(H,18,20,22). The number of ether oxygens (including phenoxy) is 1. The molecule has 0 saturated heterocycles. The first kappa shape index (κ1) is 13.9. The van der Waals surface area contributed by atoms with Crippen molar-refractivity contribution in [3.05, 3.63) is 54.6 Å². The first-order chi connectivity index (χ1) is 11.8. The number of nitrogens with zero attached hydrogens (tertiary/aromatic N) is 4. The Labute approximate surface area is 136 Å². The molecule has 0 radical (unpaired) electrons. The molecule has 0 spiro atoms. The fourth-order valence-corrected chi connectivity index (χ4v) is 2.11. The number of nitrogens with two attached hydrogens (primary N) is 1. The maximum atomic E-state index is 5.86. The minimum absolute atomic E-state index is 0.211. The van der Waals surface area contributed by atoms with Crippen LogP contribution in [-0.2, 0) is 0 Å². The van der Waals surface area contributed by atoms with Gasteiger partial charge in [-0.15, -0.1) is 0 Å². The molecular weight excluding hydrogens is 308 g/mol. The quantitative estimate of drug-likeness (QED) is 0.590. The Morgan fingerprint density at radius 1 is 0.833 bits per heavy atom. The van der Waals surface area contributed by atoms with Crippen molar-refractivity contribution in [1.29, 1.82) is 0 Å². The normalized spacial score (nSPS) is 10.7. The number of hydrogen-bond acceptors (Lipinski definition) is 8. The van der Waals surface area contributed by atoms with Crippen LogP contribution in [0.5, 0.6) is 11.5 Å². The Bertz CT molecular complexity index is 969. The lowest BCUT2D eigenvalue weighted by Crippen LogP contribution is -2.02. The van der Waals surface area contributed by atoms with Gasteiger partial charge in [-0.1, -0.05) is 18.2 Å². The Morgan fingerprint density at radius 2 is 1.50 bits per heavy atom. The molecule has 2 heterocycles. The lowest BCUT2D eigenvalue weighted by Gasteiger charge is -2.09. The minimum Gasteiger partial charge on any atom is -0.457 e. The van der Waals surface area contributed by atoms with Crippen LogP contribution in [0.2, 0.25) is 0 Å². The van der Waals surface area contributed by atoms with Gasteiger partial charge in [0.2, 0.25) is 11.3 Å². The average Bonchev–Trinajstić information content (AvgIpc) is 3.05. The van der Waals surface area contributed by atoms with E-state index < -0.39 is 0 Å². The zero-order valence-corrected chi connectivity index (χ0v) is 12.4. The van der Waals surface area contributed by atoms with Crippen molar-refractivity contribution in [2.24, 2.45) is 0 Å². The highest BCUT2D eigenvalue weighted by Gasteiger charge is 2.10. The second-order valence-electron chi connectivity index (χ2n) is 4.93. The fourth-order valence-electron chi connectivity index (χ4n) is 2.11. The molecular formula is C16H12N6O2. The molecule has 3 N–H and O–H groups in total. The molecule has 2 aromatic heterocycles. The molecule has 8 heteroatoms. The summed E-state index contributed by atoms with van der Waals surface area (Å²) < 4.78 is 10.3. The van der Waals surface area contributed by atoms with E-state index in [1.807, 2.05) is 54.6 Å². The number of aromatic nitrogens is 4. The predicted molar refractivity (Wildman–Crippen MR) is 88.0 cm³/mol. The van der Waals surface area contributed by atoms with Gasteiger partial charge in [-0.3, -0.25) is 0 Å². The van der Waals surface area contributed by atoms with E-state index in [4.69, 9.17) is 10.5 Å². The Hall–Kier alpha value is -3.68. The van der Waals surface area contributed by atoms with E-state index in [1.54, 1.807) is 0 Å². The van der Waals surface area contributed by atoms with Crippen LogP contribution in [-0.4, -0.2) is 20.3 Å². The molecule has 0 saturated carbocycles. The van der Waals surface area contributed by atoms with E-state index in [-0.39, 0.29) is 17.1 Å². The van der Waals surface area contributed by atoms with Crippen LogP contribution in [0.1, 0.15) is 0 Å². The highest BCUT2D eigenvalue weighted by molar-refractivity contribution is 5.75. The van der Waals surface area contributed by atoms with Gasteiger partial charge in [0, 0.05) is 5.69 Å².